The molecule has 4 unspecified atom stereocenters. The first kappa shape index (κ1) is 28.7. The van der Waals surface area contributed by atoms with Gasteiger partial charge in [0.1, 0.15) is 18.1 Å². The zero-order valence-corrected chi connectivity index (χ0v) is 19.3. The van der Waals surface area contributed by atoms with Gasteiger partial charge in [0.25, 0.3) is 0 Å². The van der Waals surface area contributed by atoms with Crippen LogP contribution < -0.4 is 27.4 Å². The van der Waals surface area contributed by atoms with E-state index in [1.807, 2.05) is 13.8 Å². The lowest BCUT2D eigenvalue weighted by molar-refractivity contribution is -0.143. The minimum atomic E-state index is -1.23. The zero-order valence-electron chi connectivity index (χ0n) is 18.4. The number of carbonyl (C=O) groups is 5. The van der Waals surface area contributed by atoms with Crippen LogP contribution in [-0.2, 0) is 24.0 Å². The summed E-state index contributed by atoms with van der Waals surface area (Å²) in [5.74, 6) is -4.21. The summed E-state index contributed by atoms with van der Waals surface area (Å²) in [4.78, 5) is 60.2. The van der Waals surface area contributed by atoms with Crippen LogP contribution in [-0.4, -0.2) is 64.6 Å². The fourth-order valence-corrected chi connectivity index (χ4v) is 2.83. The average molecular weight is 462 g/mol. The number of amides is 4. The number of carboxylic acids is 1. The molecule has 0 aliphatic heterocycles. The quantitative estimate of drug-likeness (QED) is 0.157. The molecule has 0 saturated carbocycles. The first-order chi connectivity index (χ1) is 14.3. The predicted molar refractivity (Wildman–Crippen MR) is 118 cm³/mol. The molecule has 178 valence electrons. The van der Waals surface area contributed by atoms with Crippen molar-refractivity contribution in [1.82, 2.24) is 16.0 Å². The van der Waals surface area contributed by atoms with Crippen molar-refractivity contribution in [2.24, 2.45) is 23.3 Å². The Balaban J connectivity index is 5.52. The highest BCUT2D eigenvalue weighted by molar-refractivity contribution is 7.80. The van der Waals surface area contributed by atoms with Crippen LogP contribution in [0, 0.1) is 11.8 Å². The van der Waals surface area contributed by atoms with Crippen molar-refractivity contribution in [3.05, 3.63) is 0 Å². The van der Waals surface area contributed by atoms with Crippen molar-refractivity contribution in [3.8, 4) is 0 Å². The smallest absolute Gasteiger partial charge is 0.326 e. The molecule has 0 bridgehead atoms. The van der Waals surface area contributed by atoms with Crippen LogP contribution in [0.5, 0.6) is 0 Å². The zero-order chi connectivity index (χ0) is 24.3. The molecule has 0 aliphatic rings. The normalized spacial score (nSPS) is 15.0. The Kier molecular flexibility index (Phi) is 12.8. The minimum absolute atomic E-state index is 0.0264. The van der Waals surface area contributed by atoms with Gasteiger partial charge in [-0.25, -0.2) is 4.79 Å². The number of thiol groups is 1. The molecular weight excluding hydrogens is 426 g/mol. The second-order valence-electron chi connectivity index (χ2n) is 8.11. The second kappa shape index (κ2) is 13.9. The van der Waals surface area contributed by atoms with Gasteiger partial charge in [0.15, 0.2) is 0 Å². The number of nitrogens with two attached hydrogens (primary N) is 2. The number of primary amides is 1. The maximum atomic E-state index is 12.8. The fraction of sp³-hybridized carbons (Fsp3) is 0.737. The Bertz CT molecular complexity index is 658. The van der Waals surface area contributed by atoms with E-state index in [1.165, 1.54) is 0 Å². The average Bonchev–Trinajstić information content (AvgIpc) is 2.66. The van der Waals surface area contributed by atoms with Crippen LogP contribution >= 0.6 is 12.6 Å². The van der Waals surface area contributed by atoms with Gasteiger partial charge in [-0.05, 0) is 24.7 Å². The standard InChI is InChI=1S/C19H35N5O6S/c1-9(2)7-13(23-16(26)11(20)8-31)18(28)22-12(5-6-14(21)25)17(27)24-15(10(3)4)19(29)30/h9-13,15,31H,5-8,20H2,1-4H3,(H2,21,25)(H,22,28)(H,23,26)(H,24,27)(H,29,30). The van der Waals surface area contributed by atoms with Crippen LogP contribution in [0.3, 0.4) is 0 Å². The van der Waals surface area contributed by atoms with E-state index in [4.69, 9.17) is 11.5 Å². The first-order valence-electron chi connectivity index (χ1n) is 10.1. The molecule has 0 heterocycles. The maximum Gasteiger partial charge on any atom is 0.326 e. The summed E-state index contributed by atoms with van der Waals surface area (Å²) in [5, 5.41) is 16.7. The molecule has 0 aromatic carbocycles. The van der Waals surface area contributed by atoms with Crippen LogP contribution in [0.15, 0.2) is 0 Å². The van der Waals surface area contributed by atoms with Crippen LogP contribution in [0.1, 0.15) is 47.0 Å². The SMILES string of the molecule is CC(C)CC(NC(=O)C(N)CS)C(=O)NC(CCC(N)=O)C(=O)NC(C(=O)O)C(C)C. The topological polar surface area (TPSA) is 194 Å². The Hall–Kier alpha value is -2.34. The van der Waals surface area contributed by atoms with E-state index in [-0.39, 0.29) is 30.9 Å². The molecule has 0 aromatic rings. The van der Waals surface area contributed by atoms with E-state index in [0.717, 1.165) is 0 Å². The summed E-state index contributed by atoms with van der Waals surface area (Å²) in [6, 6.07) is -4.30. The van der Waals surface area contributed by atoms with E-state index in [0.29, 0.717) is 0 Å². The van der Waals surface area contributed by atoms with Gasteiger partial charge in [-0.3, -0.25) is 19.2 Å². The molecule has 4 amide bonds. The summed E-state index contributed by atoms with van der Waals surface area (Å²) in [6.07, 6.45) is -0.0654. The van der Waals surface area contributed by atoms with E-state index in [9.17, 15) is 29.1 Å². The van der Waals surface area contributed by atoms with E-state index < -0.39 is 59.7 Å². The molecule has 0 spiro atoms. The highest BCUT2D eigenvalue weighted by atomic mass is 32.1. The second-order valence-corrected chi connectivity index (χ2v) is 8.48. The van der Waals surface area contributed by atoms with Gasteiger partial charge in [0, 0.05) is 12.2 Å². The Morgan fingerprint density at radius 2 is 1.42 bits per heavy atom. The van der Waals surface area contributed by atoms with Crippen molar-refractivity contribution < 1.29 is 29.1 Å². The van der Waals surface area contributed by atoms with Gasteiger partial charge in [0.2, 0.25) is 23.6 Å². The highest BCUT2D eigenvalue weighted by Crippen LogP contribution is 2.08. The van der Waals surface area contributed by atoms with Gasteiger partial charge < -0.3 is 32.5 Å². The largest absolute Gasteiger partial charge is 0.480 e. The monoisotopic (exact) mass is 461 g/mol. The predicted octanol–water partition coefficient (Wildman–Crippen LogP) is -1.25. The van der Waals surface area contributed by atoms with Gasteiger partial charge in [-0.15, -0.1) is 0 Å². The molecule has 0 radical (unpaired) electrons. The number of carbonyl (C=O) groups excluding carboxylic acids is 4. The molecule has 8 N–H and O–H groups in total. The number of hydrogen-bond acceptors (Lipinski definition) is 7. The highest BCUT2D eigenvalue weighted by Gasteiger charge is 2.31. The lowest BCUT2D eigenvalue weighted by atomic mass is 10.0. The molecule has 0 aromatic heterocycles. The summed E-state index contributed by atoms with van der Waals surface area (Å²) < 4.78 is 0. The Morgan fingerprint density at radius 1 is 0.903 bits per heavy atom. The van der Waals surface area contributed by atoms with Crippen molar-refractivity contribution in [2.75, 3.05) is 5.75 Å². The molecule has 4 atom stereocenters. The molecular formula is C19H35N5O6S. The molecule has 0 fully saturated rings. The van der Waals surface area contributed by atoms with E-state index >= 15 is 0 Å². The number of rotatable bonds is 14. The van der Waals surface area contributed by atoms with Gasteiger partial charge in [-0.1, -0.05) is 27.7 Å². The van der Waals surface area contributed by atoms with Crippen LogP contribution in [0.25, 0.3) is 0 Å². The number of hydrogen-bond donors (Lipinski definition) is 7. The molecule has 31 heavy (non-hydrogen) atoms. The Labute approximate surface area is 187 Å². The maximum absolute atomic E-state index is 12.8. The number of aliphatic carboxylic acids is 1. The molecule has 0 aliphatic carbocycles. The van der Waals surface area contributed by atoms with Crippen LogP contribution in [0.4, 0.5) is 0 Å². The van der Waals surface area contributed by atoms with Crippen molar-refractivity contribution in [2.45, 2.75) is 71.1 Å². The first-order valence-corrected chi connectivity index (χ1v) is 10.7. The van der Waals surface area contributed by atoms with E-state index in [1.54, 1.807) is 13.8 Å². The molecule has 11 nitrogen and oxygen atoms in total. The minimum Gasteiger partial charge on any atom is -0.480 e. The van der Waals surface area contributed by atoms with Gasteiger partial charge >= 0.3 is 5.97 Å². The number of nitrogens with one attached hydrogen (secondary N) is 3. The molecule has 0 rings (SSSR count). The van der Waals surface area contributed by atoms with Crippen molar-refractivity contribution in [3.63, 3.8) is 0 Å². The van der Waals surface area contributed by atoms with Crippen molar-refractivity contribution >= 4 is 42.2 Å². The lowest BCUT2D eigenvalue weighted by Gasteiger charge is -2.26. The van der Waals surface area contributed by atoms with Crippen molar-refractivity contribution in [1.29, 1.82) is 0 Å². The third kappa shape index (κ3) is 11.0. The summed E-state index contributed by atoms with van der Waals surface area (Å²) in [5.41, 5.74) is 10.8. The van der Waals surface area contributed by atoms with Gasteiger partial charge in [-0.2, -0.15) is 12.6 Å². The summed E-state index contributed by atoms with van der Waals surface area (Å²) >= 11 is 3.96. The molecule has 12 heteroatoms. The fourth-order valence-electron chi connectivity index (χ4n) is 2.66. The summed E-state index contributed by atoms with van der Waals surface area (Å²) in [6.45, 7) is 6.94. The third-order valence-electron chi connectivity index (χ3n) is 4.42. The van der Waals surface area contributed by atoms with Crippen LogP contribution in [0.2, 0.25) is 0 Å². The Morgan fingerprint density at radius 3 is 1.84 bits per heavy atom. The molecule has 0 saturated heterocycles. The number of carboxylic acid groups (broad SMARTS) is 1. The van der Waals surface area contributed by atoms with Gasteiger partial charge in [0.05, 0.1) is 6.04 Å². The van der Waals surface area contributed by atoms with E-state index in [2.05, 4.69) is 28.6 Å². The third-order valence-corrected chi connectivity index (χ3v) is 4.81. The summed E-state index contributed by atoms with van der Waals surface area (Å²) in [7, 11) is 0. The lowest BCUT2D eigenvalue weighted by Crippen LogP contribution is -2.58.